The monoisotopic (exact) mass is 258 g/mol. The Labute approximate surface area is 102 Å². The average Bonchev–Trinajstić information content (AvgIpc) is 2.24. The van der Waals surface area contributed by atoms with Gasteiger partial charge in [0.05, 0.1) is 0 Å². The molecule has 0 aromatic rings. The molecular formula is C10H14N2O6. The van der Waals surface area contributed by atoms with Crippen LogP contribution in [-0.4, -0.2) is 22.4 Å². The molecule has 4 rings (SSSR count). The van der Waals surface area contributed by atoms with Gasteiger partial charge >= 0.3 is 0 Å². The maximum atomic E-state index is 10.5. The van der Waals surface area contributed by atoms with E-state index in [0.29, 0.717) is 0 Å². The third-order valence-corrected chi connectivity index (χ3v) is 4.70. The van der Waals surface area contributed by atoms with Crippen molar-refractivity contribution in [2.45, 2.75) is 37.9 Å². The maximum Gasteiger partial charge on any atom is 0.294 e. The van der Waals surface area contributed by atoms with Gasteiger partial charge in [-0.2, -0.15) is 0 Å². The molecule has 4 saturated carbocycles. The molecule has 0 spiro atoms. The molecule has 4 aliphatic carbocycles. The normalized spacial score (nSPS) is 44.7. The Balaban J connectivity index is 1.72. The Hall–Kier alpha value is -1.60. The smallest absolute Gasteiger partial charge is 0.294 e. The average molecular weight is 258 g/mol. The summed E-state index contributed by atoms with van der Waals surface area (Å²) in [5.41, 5.74) is 0. The fourth-order valence-electron chi connectivity index (χ4n) is 4.33. The second kappa shape index (κ2) is 3.96. The summed E-state index contributed by atoms with van der Waals surface area (Å²) in [6, 6.07) is 0. The highest BCUT2D eigenvalue weighted by molar-refractivity contribution is 5.03. The minimum absolute atomic E-state index is 0.157. The highest BCUT2D eigenvalue weighted by Gasteiger charge is 2.55. The highest BCUT2D eigenvalue weighted by Crippen LogP contribution is 2.55. The molecule has 18 heavy (non-hydrogen) atoms. The summed E-state index contributed by atoms with van der Waals surface area (Å²) in [5, 5.41) is 19.5. The summed E-state index contributed by atoms with van der Waals surface area (Å²) in [4.78, 5) is 30.5. The Morgan fingerprint density at radius 3 is 1.22 bits per heavy atom. The molecule has 0 heterocycles. The molecular weight excluding hydrogens is 244 g/mol. The first-order valence-corrected chi connectivity index (χ1v) is 6.17. The third-order valence-electron chi connectivity index (χ3n) is 4.70. The van der Waals surface area contributed by atoms with Gasteiger partial charge < -0.3 is 9.68 Å². The standard InChI is InChI=1S/C10H14N2O6/c13-11(14)17-9-5-1-6-3-8(9)4-7(2-5)10(6)18-12(15)16/h5-10H,1-4H2. The zero-order chi connectivity index (χ0) is 12.9. The highest BCUT2D eigenvalue weighted by atomic mass is 17.0. The van der Waals surface area contributed by atoms with Crippen molar-refractivity contribution in [2.75, 3.05) is 0 Å². The number of hydrogen-bond acceptors (Lipinski definition) is 6. The SMILES string of the molecule is O=[N+]([O-])OC1C2CC3CC1CC(C2)C3O[N+](=O)[O-]. The van der Waals surface area contributed by atoms with Crippen molar-refractivity contribution in [2.24, 2.45) is 23.7 Å². The van der Waals surface area contributed by atoms with Crippen molar-refractivity contribution < 1.29 is 19.8 Å². The quantitative estimate of drug-likeness (QED) is 0.554. The Kier molecular flexibility index (Phi) is 2.53. The molecule has 100 valence electrons. The van der Waals surface area contributed by atoms with Crippen molar-refractivity contribution >= 4 is 0 Å². The van der Waals surface area contributed by atoms with Crippen molar-refractivity contribution in [3.8, 4) is 0 Å². The van der Waals surface area contributed by atoms with Gasteiger partial charge in [-0.25, -0.2) is 0 Å². The second-order valence-corrected chi connectivity index (χ2v) is 5.57. The zero-order valence-electron chi connectivity index (χ0n) is 9.64. The van der Waals surface area contributed by atoms with E-state index in [2.05, 4.69) is 0 Å². The van der Waals surface area contributed by atoms with E-state index in [4.69, 9.17) is 9.68 Å². The first-order chi connectivity index (χ1) is 8.54. The van der Waals surface area contributed by atoms with E-state index in [1.54, 1.807) is 0 Å². The summed E-state index contributed by atoms with van der Waals surface area (Å²) in [6.07, 6.45) is 2.33. The van der Waals surface area contributed by atoms with Crippen molar-refractivity contribution in [3.05, 3.63) is 20.2 Å². The largest absolute Gasteiger partial charge is 0.310 e. The fraction of sp³-hybridized carbons (Fsp3) is 1.00. The van der Waals surface area contributed by atoms with Crippen LogP contribution in [0.25, 0.3) is 0 Å². The van der Waals surface area contributed by atoms with Crippen LogP contribution in [0, 0.1) is 43.9 Å². The molecule has 8 nitrogen and oxygen atoms in total. The molecule has 0 unspecified atom stereocenters. The van der Waals surface area contributed by atoms with Crippen LogP contribution in [0.1, 0.15) is 25.7 Å². The topological polar surface area (TPSA) is 105 Å². The summed E-state index contributed by atoms with van der Waals surface area (Å²) in [5.74, 6) is 0.628. The predicted octanol–water partition coefficient (Wildman–Crippen LogP) is 1.21. The second-order valence-electron chi connectivity index (χ2n) is 5.57. The number of nitrogens with zero attached hydrogens (tertiary/aromatic N) is 2. The van der Waals surface area contributed by atoms with Gasteiger partial charge in [-0.1, -0.05) is 0 Å². The summed E-state index contributed by atoms with van der Waals surface area (Å²) in [6.45, 7) is 0. The maximum absolute atomic E-state index is 10.5. The first-order valence-electron chi connectivity index (χ1n) is 6.17. The fourth-order valence-corrected chi connectivity index (χ4v) is 4.33. The van der Waals surface area contributed by atoms with Crippen LogP contribution in [0.15, 0.2) is 0 Å². The molecule has 0 aliphatic heterocycles. The van der Waals surface area contributed by atoms with Crippen LogP contribution < -0.4 is 0 Å². The molecule has 8 heteroatoms. The zero-order valence-corrected chi connectivity index (χ0v) is 9.64. The molecule has 0 saturated heterocycles. The van der Waals surface area contributed by atoms with E-state index in [0.717, 1.165) is 25.7 Å². The van der Waals surface area contributed by atoms with Crippen molar-refractivity contribution in [3.63, 3.8) is 0 Å². The molecule has 0 amide bonds. The van der Waals surface area contributed by atoms with Gasteiger partial charge in [0.1, 0.15) is 12.2 Å². The van der Waals surface area contributed by atoms with Gasteiger partial charge in [0, 0.05) is 0 Å². The minimum atomic E-state index is -0.710. The number of hydrogen-bond donors (Lipinski definition) is 0. The van der Waals surface area contributed by atoms with Crippen LogP contribution >= 0.6 is 0 Å². The van der Waals surface area contributed by atoms with Gasteiger partial charge in [0.25, 0.3) is 10.2 Å². The van der Waals surface area contributed by atoms with E-state index in [1.165, 1.54) is 0 Å². The molecule has 4 bridgehead atoms. The van der Waals surface area contributed by atoms with E-state index in [-0.39, 0.29) is 35.9 Å². The molecule has 4 fully saturated rings. The van der Waals surface area contributed by atoms with E-state index < -0.39 is 10.2 Å². The van der Waals surface area contributed by atoms with E-state index in [9.17, 15) is 20.2 Å². The Morgan fingerprint density at radius 1 is 0.722 bits per heavy atom. The molecule has 0 N–H and O–H groups in total. The minimum Gasteiger partial charge on any atom is -0.310 e. The van der Waals surface area contributed by atoms with Crippen LogP contribution in [0.3, 0.4) is 0 Å². The van der Waals surface area contributed by atoms with Crippen LogP contribution in [0.5, 0.6) is 0 Å². The Bertz CT molecular complexity index is 325. The molecule has 4 aliphatic rings. The summed E-state index contributed by atoms with van der Waals surface area (Å²) < 4.78 is 0. The molecule has 0 aromatic carbocycles. The van der Waals surface area contributed by atoms with Crippen LogP contribution in [0.2, 0.25) is 0 Å². The van der Waals surface area contributed by atoms with Crippen molar-refractivity contribution in [1.82, 2.24) is 0 Å². The van der Waals surface area contributed by atoms with E-state index >= 15 is 0 Å². The van der Waals surface area contributed by atoms with E-state index in [1.807, 2.05) is 0 Å². The predicted molar refractivity (Wildman–Crippen MR) is 56.2 cm³/mol. The molecule has 0 aromatic heterocycles. The lowest BCUT2D eigenvalue weighted by Gasteiger charge is -2.55. The van der Waals surface area contributed by atoms with Gasteiger partial charge in [0.15, 0.2) is 0 Å². The van der Waals surface area contributed by atoms with Gasteiger partial charge in [-0.15, -0.1) is 20.2 Å². The van der Waals surface area contributed by atoms with Gasteiger partial charge in [-0.3, -0.25) is 0 Å². The molecule has 0 radical (unpaired) electrons. The molecule has 0 atom stereocenters. The number of rotatable bonds is 4. The lowest BCUT2D eigenvalue weighted by atomic mass is 9.53. The third kappa shape index (κ3) is 1.75. The first kappa shape index (κ1) is 11.5. The lowest BCUT2D eigenvalue weighted by Crippen LogP contribution is -2.57. The van der Waals surface area contributed by atoms with Gasteiger partial charge in [0.2, 0.25) is 0 Å². The van der Waals surface area contributed by atoms with Crippen LogP contribution in [0.4, 0.5) is 0 Å². The van der Waals surface area contributed by atoms with Crippen molar-refractivity contribution in [1.29, 1.82) is 0 Å². The van der Waals surface area contributed by atoms with Gasteiger partial charge in [-0.05, 0) is 49.4 Å². The Morgan fingerprint density at radius 2 is 1.00 bits per heavy atom. The summed E-state index contributed by atoms with van der Waals surface area (Å²) in [7, 11) is 0. The lowest BCUT2D eigenvalue weighted by molar-refractivity contribution is -0.781. The van der Waals surface area contributed by atoms with Crippen LogP contribution in [-0.2, 0) is 9.68 Å². The summed E-state index contributed by atoms with van der Waals surface area (Å²) >= 11 is 0.